The maximum atomic E-state index is 12.4. The normalized spacial score (nSPS) is 16.8. The van der Waals surface area contributed by atoms with Crippen LogP contribution in [0.1, 0.15) is 18.4 Å². The number of hydrogen-bond donors (Lipinski definition) is 1. The number of anilines is 1. The fraction of sp³-hybridized carbons (Fsp3) is 0.357. The average Bonchev–Trinajstić information content (AvgIpc) is 2.49. The smallest absolute Gasteiger partial charge is 0.245 e. The number of benzene rings is 1. The van der Waals surface area contributed by atoms with Crippen LogP contribution in [0.4, 0.5) is 5.69 Å². The first-order chi connectivity index (χ1) is 9.61. The molecule has 1 aromatic carbocycles. The minimum absolute atomic E-state index is 0.355. The van der Waals surface area contributed by atoms with E-state index in [-0.39, 0.29) is 5.91 Å². The van der Waals surface area contributed by atoms with Gasteiger partial charge in [-0.15, -0.1) is 0 Å². The summed E-state index contributed by atoms with van der Waals surface area (Å²) in [5.74, 6) is -0.373. The van der Waals surface area contributed by atoms with E-state index < -0.39 is 5.41 Å². The van der Waals surface area contributed by atoms with Gasteiger partial charge in [0, 0.05) is 17.7 Å². The monoisotopic (exact) mass is 333 g/mol. The van der Waals surface area contributed by atoms with Gasteiger partial charge in [0.05, 0.1) is 17.3 Å². The summed E-state index contributed by atoms with van der Waals surface area (Å²) < 4.78 is 5.96. The molecule has 0 aliphatic carbocycles. The number of carbonyl (C=O) groups excluding carboxylic acids is 1. The third-order valence-electron chi connectivity index (χ3n) is 3.35. The van der Waals surface area contributed by atoms with E-state index in [4.69, 9.17) is 10.00 Å². The molecule has 1 aliphatic rings. The number of halogens is 1. The molecule has 1 N–H and O–H groups in total. The predicted molar refractivity (Wildman–Crippen MR) is 75.6 cm³/mol. The van der Waals surface area contributed by atoms with E-state index in [1.165, 1.54) is 0 Å². The average molecular weight is 334 g/mol. The van der Waals surface area contributed by atoms with Gasteiger partial charge in [-0.25, -0.2) is 0 Å². The Morgan fingerprint density at radius 1 is 1.35 bits per heavy atom. The van der Waals surface area contributed by atoms with Gasteiger partial charge in [-0.1, -0.05) is 15.9 Å². The highest BCUT2D eigenvalue weighted by atomic mass is 79.9. The van der Waals surface area contributed by atoms with E-state index in [1.54, 1.807) is 18.2 Å². The first-order valence-corrected chi connectivity index (χ1v) is 6.91. The molecule has 1 amide bonds. The van der Waals surface area contributed by atoms with Crippen molar-refractivity contribution in [2.24, 2.45) is 5.41 Å². The molecule has 0 bridgehead atoms. The van der Waals surface area contributed by atoms with Crippen molar-refractivity contribution in [3.63, 3.8) is 0 Å². The van der Waals surface area contributed by atoms with Gasteiger partial charge in [0.25, 0.3) is 0 Å². The van der Waals surface area contributed by atoms with Gasteiger partial charge < -0.3 is 10.1 Å². The van der Waals surface area contributed by atoms with Crippen molar-refractivity contribution in [3.8, 4) is 12.1 Å². The lowest BCUT2D eigenvalue weighted by atomic mass is 9.81. The van der Waals surface area contributed by atoms with E-state index in [0.717, 1.165) is 4.47 Å². The van der Waals surface area contributed by atoms with Crippen LogP contribution < -0.4 is 5.32 Å². The molecule has 102 valence electrons. The van der Waals surface area contributed by atoms with E-state index in [0.29, 0.717) is 37.3 Å². The number of nitriles is 2. The van der Waals surface area contributed by atoms with Crippen molar-refractivity contribution in [2.45, 2.75) is 12.8 Å². The Kier molecular flexibility index (Phi) is 4.39. The van der Waals surface area contributed by atoms with E-state index in [9.17, 15) is 10.1 Å². The van der Waals surface area contributed by atoms with Gasteiger partial charge in [-0.05, 0) is 31.0 Å². The lowest BCUT2D eigenvalue weighted by Gasteiger charge is -2.29. The molecule has 5 nitrogen and oxygen atoms in total. The number of amides is 1. The minimum Gasteiger partial charge on any atom is -0.381 e. The zero-order chi connectivity index (χ0) is 14.6. The van der Waals surface area contributed by atoms with E-state index in [2.05, 4.69) is 27.3 Å². The summed E-state index contributed by atoms with van der Waals surface area (Å²) in [5.41, 5.74) is -0.299. The summed E-state index contributed by atoms with van der Waals surface area (Å²) in [7, 11) is 0. The summed E-state index contributed by atoms with van der Waals surface area (Å²) in [6, 6.07) is 9.13. The molecule has 0 radical (unpaired) electrons. The molecule has 1 fully saturated rings. The molecule has 0 unspecified atom stereocenters. The standard InChI is InChI=1S/C14H12BrN3O2/c15-11-1-2-12(10(7-11)8-16)18-13(19)14(9-17)3-5-20-6-4-14/h1-2,7H,3-6H2,(H,18,19). The largest absolute Gasteiger partial charge is 0.381 e. The van der Waals surface area contributed by atoms with Crippen LogP contribution in [0, 0.1) is 28.1 Å². The number of carbonyl (C=O) groups is 1. The first-order valence-electron chi connectivity index (χ1n) is 6.11. The molecule has 0 atom stereocenters. The van der Waals surface area contributed by atoms with Crippen LogP contribution in [-0.4, -0.2) is 19.1 Å². The van der Waals surface area contributed by atoms with Crippen molar-refractivity contribution in [1.82, 2.24) is 0 Å². The zero-order valence-corrected chi connectivity index (χ0v) is 12.2. The summed E-state index contributed by atoms with van der Waals surface area (Å²) in [6.45, 7) is 0.791. The third-order valence-corrected chi connectivity index (χ3v) is 3.84. The fourth-order valence-electron chi connectivity index (χ4n) is 2.07. The molecule has 1 saturated heterocycles. The lowest BCUT2D eigenvalue weighted by molar-refractivity contribution is -0.126. The van der Waals surface area contributed by atoms with Gasteiger partial charge in [-0.3, -0.25) is 4.79 Å². The molecule has 6 heteroatoms. The Morgan fingerprint density at radius 3 is 2.65 bits per heavy atom. The molecule has 0 aromatic heterocycles. The van der Waals surface area contributed by atoms with Crippen LogP contribution in [0.5, 0.6) is 0 Å². The Morgan fingerprint density at radius 2 is 2.05 bits per heavy atom. The van der Waals surface area contributed by atoms with Crippen LogP contribution in [0.15, 0.2) is 22.7 Å². The summed E-state index contributed by atoms with van der Waals surface area (Å²) in [6.07, 6.45) is 0.738. The molecule has 2 rings (SSSR count). The van der Waals surface area contributed by atoms with Gasteiger partial charge in [0.2, 0.25) is 5.91 Å². The van der Waals surface area contributed by atoms with Crippen molar-refractivity contribution in [3.05, 3.63) is 28.2 Å². The second-order valence-corrected chi connectivity index (χ2v) is 5.48. The number of rotatable bonds is 2. The highest BCUT2D eigenvalue weighted by Crippen LogP contribution is 2.32. The molecule has 1 heterocycles. The third kappa shape index (κ3) is 2.82. The summed E-state index contributed by atoms with van der Waals surface area (Å²) >= 11 is 3.27. The molecular weight excluding hydrogens is 322 g/mol. The number of hydrogen-bond acceptors (Lipinski definition) is 4. The van der Waals surface area contributed by atoms with Crippen molar-refractivity contribution >= 4 is 27.5 Å². The summed E-state index contributed by atoms with van der Waals surface area (Å²) in [5, 5.41) is 21.1. The van der Waals surface area contributed by atoms with Gasteiger partial charge in [0.15, 0.2) is 0 Å². The maximum Gasteiger partial charge on any atom is 0.245 e. The SMILES string of the molecule is N#Cc1cc(Br)ccc1NC(=O)C1(C#N)CCOCC1. The van der Waals surface area contributed by atoms with Crippen molar-refractivity contribution in [1.29, 1.82) is 10.5 Å². The molecule has 0 spiro atoms. The first kappa shape index (κ1) is 14.5. The molecular formula is C14H12BrN3O2. The van der Waals surface area contributed by atoms with Gasteiger partial charge >= 0.3 is 0 Å². The quantitative estimate of drug-likeness (QED) is 0.901. The highest BCUT2D eigenvalue weighted by Gasteiger charge is 2.40. The van der Waals surface area contributed by atoms with Crippen LogP contribution in [0.25, 0.3) is 0 Å². The van der Waals surface area contributed by atoms with Crippen LogP contribution in [0.2, 0.25) is 0 Å². The van der Waals surface area contributed by atoms with Gasteiger partial charge in [0.1, 0.15) is 11.5 Å². The number of nitrogens with one attached hydrogen (secondary N) is 1. The second kappa shape index (κ2) is 6.04. The number of nitrogens with zero attached hydrogens (tertiary/aromatic N) is 2. The fourth-order valence-corrected chi connectivity index (χ4v) is 2.43. The molecule has 20 heavy (non-hydrogen) atoms. The zero-order valence-electron chi connectivity index (χ0n) is 10.6. The van der Waals surface area contributed by atoms with Crippen LogP contribution >= 0.6 is 15.9 Å². The predicted octanol–water partition coefficient (Wildman–Crippen LogP) is 2.58. The Hall–Kier alpha value is -1.89. The Labute approximate surface area is 125 Å². The van der Waals surface area contributed by atoms with Crippen molar-refractivity contribution < 1.29 is 9.53 Å². The van der Waals surface area contributed by atoms with Crippen LogP contribution in [-0.2, 0) is 9.53 Å². The molecule has 1 aliphatic heterocycles. The van der Waals surface area contributed by atoms with E-state index >= 15 is 0 Å². The second-order valence-electron chi connectivity index (χ2n) is 4.56. The Balaban J connectivity index is 2.24. The van der Waals surface area contributed by atoms with Crippen molar-refractivity contribution in [2.75, 3.05) is 18.5 Å². The number of ether oxygens (including phenoxy) is 1. The molecule has 0 saturated carbocycles. The topological polar surface area (TPSA) is 85.9 Å². The van der Waals surface area contributed by atoms with Gasteiger partial charge in [-0.2, -0.15) is 10.5 Å². The maximum absolute atomic E-state index is 12.4. The van der Waals surface area contributed by atoms with Crippen LogP contribution in [0.3, 0.4) is 0 Å². The lowest BCUT2D eigenvalue weighted by Crippen LogP contribution is -2.40. The molecule has 1 aromatic rings. The minimum atomic E-state index is -1.07. The highest BCUT2D eigenvalue weighted by molar-refractivity contribution is 9.10. The Bertz CT molecular complexity index is 610. The summed E-state index contributed by atoms with van der Waals surface area (Å²) in [4.78, 5) is 12.4. The van der Waals surface area contributed by atoms with E-state index in [1.807, 2.05) is 6.07 Å².